The van der Waals surface area contributed by atoms with Crippen molar-refractivity contribution in [1.29, 1.82) is 0 Å². The first-order valence-electron chi connectivity index (χ1n) is 9.83. The molecule has 1 saturated heterocycles. The Balaban J connectivity index is 1.76. The van der Waals surface area contributed by atoms with Crippen LogP contribution < -0.4 is 0 Å². The van der Waals surface area contributed by atoms with Gasteiger partial charge in [-0.3, -0.25) is 4.79 Å². The minimum atomic E-state index is -3.24. The number of rotatable bonds is 6. The van der Waals surface area contributed by atoms with Gasteiger partial charge in [-0.2, -0.15) is 0 Å². The van der Waals surface area contributed by atoms with Gasteiger partial charge in [-0.15, -0.1) is 0 Å². The van der Waals surface area contributed by atoms with Gasteiger partial charge in [0.2, 0.25) is 10.0 Å². The fraction of sp³-hybridized carbons (Fsp3) is 0.571. The largest absolute Gasteiger partial charge is 0.465 e. The van der Waals surface area contributed by atoms with Gasteiger partial charge in [0, 0.05) is 13.1 Å². The molecule has 1 fully saturated rings. The Morgan fingerprint density at radius 1 is 1.19 bits per heavy atom. The number of carbonyl (C=O) groups is 1. The zero-order chi connectivity index (χ0) is 19.3. The summed E-state index contributed by atoms with van der Waals surface area (Å²) < 4.78 is 31.7. The summed E-state index contributed by atoms with van der Waals surface area (Å²) >= 11 is 0. The molecule has 0 spiro atoms. The standard InChI is InChI=1S/C21H29NO4S/c1-2-27(24,25)22-15-13-21(14-16-22,19-11-7-4-8-12-19)20(23)26-17-18-9-5-3-6-10-18/h3-5,7-8,11-12,18H,2,6,9-10,13-17H2,1H3. The molecule has 1 aromatic carbocycles. The number of nitrogens with zero attached hydrogens (tertiary/aromatic N) is 1. The van der Waals surface area contributed by atoms with Crippen LogP contribution in [0.2, 0.25) is 0 Å². The molecule has 0 saturated carbocycles. The number of piperidine rings is 1. The van der Waals surface area contributed by atoms with Crippen LogP contribution in [0.5, 0.6) is 0 Å². The van der Waals surface area contributed by atoms with Crippen LogP contribution in [0.3, 0.4) is 0 Å². The Morgan fingerprint density at radius 3 is 2.48 bits per heavy atom. The SMILES string of the molecule is CCS(=O)(=O)N1CCC(C(=O)OCC2CC=CCC2)(c2ccccc2)CC1. The Labute approximate surface area is 162 Å². The van der Waals surface area contributed by atoms with Crippen LogP contribution in [-0.2, 0) is 25.0 Å². The Kier molecular flexibility index (Phi) is 6.37. The summed E-state index contributed by atoms with van der Waals surface area (Å²) in [6, 6.07) is 9.67. The molecule has 148 valence electrons. The fourth-order valence-corrected chi connectivity index (χ4v) is 5.14. The molecule has 1 aliphatic heterocycles. The van der Waals surface area contributed by atoms with Gasteiger partial charge in [0.15, 0.2) is 0 Å². The molecule has 1 unspecified atom stereocenters. The summed E-state index contributed by atoms with van der Waals surface area (Å²) in [4.78, 5) is 13.2. The molecular weight excluding hydrogens is 362 g/mol. The van der Waals surface area contributed by atoms with Crippen LogP contribution in [-0.4, -0.2) is 44.1 Å². The Hall–Kier alpha value is -1.66. The quantitative estimate of drug-likeness (QED) is 0.551. The summed E-state index contributed by atoms with van der Waals surface area (Å²) in [6.45, 7) is 2.80. The van der Waals surface area contributed by atoms with E-state index >= 15 is 0 Å². The number of allylic oxidation sites excluding steroid dienone is 2. The molecule has 1 aromatic rings. The van der Waals surface area contributed by atoms with Crippen molar-refractivity contribution in [3.05, 3.63) is 48.0 Å². The van der Waals surface area contributed by atoms with Crippen molar-refractivity contribution in [2.24, 2.45) is 5.92 Å². The summed E-state index contributed by atoms with van der Waals surface area (Å²) in [5, 5.41) is 0. The van der Waals surface area contributed by atoms with Gasteiger partial charge < -0.3 is 4.74 Å². The first-order valence-corrected chi connectivity index (χ1v) is 11.4. The molecule has 6 heteroatoms. The number of hydrogen-bond acceptors (Lipinski definition) is 4. The molecule has 1 aliphatic carbocycles. The third-order valence-corrected chi connectivity index (χ3v) is 7.76. The summed E-state index contributed by atoms with van der Waals surface area (Å²) in [5.41, 5.74) is 0.165. The zero-order valence-electron chi connectivity index (χ0n) is 16.0. The Bertz CT molecular complexity index is 765. The van der Waals surface area contributed by atoms with E-state index in [0.717, 1.165) is 24.8 Å². The highest BCUT2D eigenvalue weighted by atomic mass is 32.2. The maximum Gasteiger partial charge on any atom is 0.316 e. The molecule has 27 heavy (non-hydrogen) atoms. The lowest BCUT2D eigenvalue weighted by Crippen LogP contribution is -2.50. The van der Waals surface area contributed by atoms with Gasteiger partial charge in [-0.25, -0.2) is 12.7 Å². The average Bonchev–Trinajstić information content (AvgIpc) is 2.73. The van der Waals surface area contributed by atoms with Crippen LogP contribution in [0.4, 0.5) is 0 Å². The molecular formula is C21H29NO4S. The van der Waals surface area contributed by atoms with Crippen molar-refractivity contribution in [2.75, 3.05) is 25.4 Å². The van der Waals surface area contributed by atoms with Crippen LogP contribution in [0.1, 0.15) is 44.6 Å². The molecule has 0 amide bonds. The number of ether oxygens (including phenoxy) is 1. The van der Waals surface area contributed by atoms with Crippen molar-refractivity contribution in [2.45, 2.75) is 44.4 Å². The van der Waals surface area contributed by atoms with E-state index in [1.807, 2.05) is 30.3 Å². The normalized spacial score (nSPS) is 23.1. The monoisotopic (exact) mass is 391 g/mol. The molecule has 0 bridgehead atoms. The van der Waals surface area contributed by atoms with E-state index in [2.05, 4.69) is 12.2 Å². The van der Waals surface area contributed by atoms with Crippen molar-refractivity contribution in [3.8, 4) is 0 Å². The van der Waals surface area contributed by atoms with Crippen LogP contribution in [0.25, 0.3) is 0 Å². The van der Waals surface area contributed by atoms with E-state index in [0.29, 0.717) is 38.5 Å². The van der Waals surface area contributed by atoms with E-state index < -0.39 is 15.4 Å². The van der Waals surface area contributed by atoms with Gasteiger partial charge in [-0.1, -0.05) is 42.5 Å². The minimum absolute atomic E-state index is 0.0883. The van der Waals surface area contributed by atoms with E-state index in [4.69, 9.17) is 4.74 Å². The second kappa shape index (κ2) is 8.57. The molecule has 2 aliphatic rings. The smallest absolute Gasteiger partial charge is 0.316 e. The summed E-state index contributed by atoms with van der Waals surface area (Å²) in [7, 11) is -3.24. The third-order valence-electron chi connectivity index (χ3n) is 5.88. The van der Waals surface area contributed by atoms with E-state index in [1.54, 1.807) is 6.92 Å². The van der Waals surface area contributed by atoms with Gasteiger partial charge in [0.1, 0.15) is 0 Å². The highest BCUT2D eigenvalue weighted by molar-refractivity contribution is 7.89. The molecule has 3 rings (SSSR count). The highest BCUT2D eigenvalue weighted by Crippen LogP contribution is 2.38. The predicted octanol–water partition coefficient (Wildman–Crippen LogP) is 3.27. The lowest BCUT2D eigenvalue weighted by atomic mass is 9.73. The molecule has 1 heterocycles. The number of esters is 1. The minimum Gasteiger partial charge on any atom is -0.465 e. The predicted molar refractivity (Wildman–Crippen MR) is 106 cm³/mol. The van der Waals surface area contributed by atoms with E-state index in [1.165, 1.54) is 4.31 Å². The number of sulfonamides is 1. The zero-order valence-corrected chi connectivity index (χ0v) is 16.8. The highest BCUT2D eigenvalue weighted by Gasteiger charge is 2.46. The number of benzene rings is 1. The van der Waals surface area contributed by atoms with Crippen molar-refractivity contribution in [1.82, 2.24) is 4.31 Å². The third kappa shape index (κ3) is 4.43. The van der Waals surface area contributed by atoms with Gasteiger partial charge >= 0.3 is 5.97 Å². The molecule has 0 radical (unpaired) electrons. The second-order valence-corrected chi connectivity index (χ2v) is 9.75. The second-order valence-electron chi connectivity index (χ2n) is 7.50. The van der Waals surface area contributed by atoms with Gasteiger partial charge in [0.05, 0.1) is 17.8 Å². The van der Waals surface area contributed by atoms with Gasteiger partial charge in [-0.05, 0) is 50.5 Å². The van der Waals surface area contributed by atoms with Crippen LogP contribution >= 0.6 is 0 Å². The van der Waals surface area contributed by atoms with Crippen molar-refractivity contribution < 1.29 is 17.9 Å². The molecule has 0 aromatic heterocycles. The molecule has 0 N–H and O–H groups in total. The topological polar surface area (TPSA) is 63.7 Å². The summed E-state index contributed by atoms with van der Waals surface area (Å²) in [5.74, 6) is 0.259. The first kappa shape index (κ1) is 20.1. The lowest BCUT2D eigenvalue weighted by Gasteiger charge is -2.40. The first-order chi connectivity index (χ1) is 13.0. The number of carbonyl (C=O) groups excluding carboxylic acids is 1. The molecule has 5 nitrogen and oxygen atoms in total. The van der Waals surface area contributed by atoms with Crippen LogP contribution in [0, 0.1) is 5.92 Å². The van der Waals surface area contributed by atoms with Gasteiger partial charge in [0.25, 0.3) is 0 Å². The summed E-state index contributed by atoms with van der Waals surface area (Å²) in [6.07, 6.45) is 8.28. The van der Waals surface area contributed by atoms with Crippen molar-refractivity contribution >= 4 is 16.0 Å². The maximum atomic E-state index is 13.2. The number of hydrogen-bond donors (Lipinski definition) is 0. The maximum absolute atomic E-state index is 13.2. The van der Waals surface area contributed by atoms with Crippen molar-refractivity contribution in [3.63, 3.8) is 0 Å². The lowest BCUT2D eigenvalue weighted by molar-refractivity contribution is -0.154. The molecule has 1 atom stereocenters. The average molecular weight is 392 g/mol. The fourth-order valence-electron chi connectivity index (χ4n) is 4.04. The Morgan fingerprint density at radius 2 is 1.89 bits per heavy atom. The van der Waals surface area contributed by atoms with E-state index in [9.17, 15) is 13.2 Å². The van der Waals surface area contributed by atoms with E-state index in [-0.39, 0.29) is 11.7 Å². The van der Waals surface area contributed by atoms with Crippen LogP contribution in [0.15, 0.2) is 42.5 Å².